The van der Waals surface area contributed by atoms with E-state index in [2.05, 4.69) is 5.32 Å². The lowest BCUT2D eigenvalue weighted by Gasteiger charge is -2.18. The normalized spacial score (nSPS) is 10.8. The molecule has 1 amide bonds. The van der Waals surface area contributed by atoms with Crippen LogP contribution in [0.3, 0.4) is 0 Å². The van der Waals surface area contributed by atoms with E-state index >= 15 is 0 Å². The fraction of sp³-hybridized carbons (Fsp3) is 0.588. The van der Waals surface area contributed by atoms with Crippen LogP contribution in [-0.4, -0.2) is 57.8 Å². The first kappa shape index (κ1) is 18.5. The van der Waals surface area contributed by atoms with E-state index in [-0.39, 0.29) is 5.91 Å². The minimum atomic E-state index is 0.0330. The Morgan fingerprint density at radius 1 is 1.23 bits per heavy atom. The summed E-state index contributed by atoms with van der Waals surface area (Å²) in [5, 5.41) is 2.87. The summed E-state index contributed by atoms with van der Waals surface area (Å²) in [5.41, 5.74) is 2.28. The summed E-state index contributed by atoms with van der Waals surface area (Å²) in [6.07, 6.45) is 0.835. The lowest BCUT2D eigenvalue weighted by Crippen LogP contribution is -2.37. The number of carbonyl (C=O) groups excluding carboxylic acids is 1. The number of aryl methyl sites for hydroxylation is 2. The van der Waals surface area contributed by atoms with E-state index in [0.29, 0.717) is 32.8 Å². The number of hydrogen-bond donors (Lipinski definition) is 1. The summed E-state index contributed by atoms with van der Waals surface area (Å²) in [6, 6.07) is 6.11. The van der Waals surface area contributed by atoms with Gasteiger partial charge in [-0.25, -0.2) is 0 Å². The maximum atomic E-state index is 11.7. The number of nitrogens with one attached hydrogen (secondary N) is 1. The number of para-hydroxylation sites is 1. The molecule has 5 heteroatoms. The van der Waals surface area contributed by atoms with E-state index in [0.717, 1.165) is 23.3 Å². The van der Waals surface area contributed by atoms with E-state index in [1.807, 2.05) is 44.0 Å². The molecule has 0 unspecified atom stereocenters. The maximum absolute atomic E-state index is 11.7. The average Bonchev–Trinajstić information content (AvgIpc) is 2.47. The van der Waals surface area contributed by atoms with Gasteiger partial charge >= 0.3 is 0 Å². The van der Waals surface area contributed by atoms with Gasteiger partial charge in [-0.3, -0.25) is 9.69 Å². The smallest absolute Gasteiger partial charge is 0.234 e. The highest BCUT2D eigenvalue weighted by Crippen LogP contribution is 2.21. The summed E-state index contributed by atoms with van der Waals surface area (Å²) in [4.78, 5) is 13.7. The van der Waals surface area contributed by atoms with Gasteiger partial charge in [-0.2, -0.15) is 0 Å². The minimum Gasteiger partial charge on any atom is -0.492 e. The van der Waals surface area contributed by atoms with Crippen molar-refractivity contribution in [1.29, 1.82) is 0 Å². The zero-order valence-electron chi connectivity index (χ0n) is 14.1. The van der Waals surface area contributed by atoms with Gasteiger partial charge in [-0.1, -0.05) is 18.2 Å². The Kier molecular flexibility index (Phi) is 8.55. The van der Waals surface area contributed by atoms with E-state index in [9.17, 15) is 4.79 Å². The number of methoxy groups -OCH3 is 1. The van der Waals surface area contributed by atoms with Gasteiger partial charge in [0, 0.05) is 26.8 Å². The van der Waals surface area contributed by atoms with Crippen molar-refractivity contribution >= 4 is 5.91 Å². The summed E-state index contributed by atoms with van der Waals surface area (Å²) in [7, 11) is 3.58. The van der Waals surface area contributed by atoms with Crippen molar-refractivity contribution in [3.8, 4) is 5.75 Å². The highest BCUT2D eigenvalue weighted by atomic mass is 16.5. The monoisotopic (exact) mass is 308 g/mol. The largest absolute Gasteiger partial charge is 0.492 e. The van der Waals surface area contributed by atoms with Gasteiger partial charge in [0.15, 0.2) is 0 Å². The highest BCUT2D eigenvalue weighted by Gasteiger charge is 2.07. The Balaban J connectivity index is 2.23. The number of ether oxygens (including phenoxy) is 2. The van der Waals surface area contributed by atoms with Crippen molar-refractivity contribution in [3.63, 3.8) is 0 Å². The van der Waals surface area contributed by atoms with Crippen LogP contribution in [0, 0.1) is 13.8 Å². The molecular formula is C17H28N2O3. The predicted octanol–water partition coefficient (Wildman–Crippen LogP) is 1.77. The van der Waals surface area contributed by atoms with Crippen LogP contribution in [0.2, 0.25) is 0 Å². The average molecular weight is 308 g/mol. The molecular weight excluding hydrogens is 280 g/mol. The summed E-state index contributed by atoms with van der Waals surface area (Å²) < 4.78 is 10.8. The molecule has 0 saturated carbocycles. The van der Waals surface area contributed by atoms with Crippen molar-refractivity contribution in [2.45, 2.75) is 20.3 Å². The molecule has 0 aliphatic rings. The van der Waals surface area contributed by atoms with Crippen molar-refractivity contribution in [3.05, 3.63) is 29.3 Å². The number of rotatable bonds is 10. The third-order valence-electron chi connectivity index (χ3n) is 3.39. The quantitative estimate of drug-likeness (QED) is 0.669. The lowest BCUT2D eigenvalue weighted by atomic mass is 10.1. The molecule has 0 bridgehead atoms. The third-order valence-corrected chi connectivity index (χ3v) is 3.39. The first-order valence-electron chi connectivity index (χ1n) is 7.67. The van der Waals surface area contributed by atoms with Crippen LogP contribution in [0.15, 0.2) is 18.2 Å². The Bertz CT molecular complexity index is 443. The standard InChI is InChI=1S/C17H28N2O3/c1-14-7-5-8-15(2)17(14)22-12-10-19(3)13-16(20)18-9-6-11-21-4/h5,7-8H,6,9-13H2,1-4H3,(H,18,20). The van der Waals surface area contributed by atoms with Crippen LogP contribution in [-0.2, 0) is 9.53 Å². The number of likely N-dealkylation sites (N-methyl/N-ethyl adjacent to an activating group) is 1. The molecule has 0 aliphatic heterocycles. The zero-order chi connectivity index (χ0) is 16.4. The fourth-order valence-electron chi connectivity index (χ4n) is 2.15. The molecule has 0 heterocycles. The molecule has 1 aromatic rings. The molecule has 0 fully saturated rings. The second-order valence-corrected chi connectivity index (χ2v) is 5.50. The van der Waals surface area contributed by atoms with Crippen LogP contribution in [0.4, 0.5) is 0 Å². The van der Waals surface area contributed by atoms with E-state index in [1.54, 1.807) is 7.11 Å². The molecule has 1 rings (SSSR count). The van der Waals surface area contributed by atoms with Crippen molar-refractivity contribution in [1.82, 2.24) is 10.2 Å². The van der Waals surface area contributed by atoms with Gasteiger partial charge in [-0.05, 0) is 38.4 Å². The maximum Gasteiger partial charge on any atom is 0.234 e. The Morgan fingerprint density at radius 2 is 1.91 bits per heavy atom. The van der Waals surface area contributed by atoms with Gasteiger partial charge in [0.25, 0.3) is 0 Å². The van der Waals surface area contributed by atoms with Crippen LogP contribution in [0.1, 0.15) is 17.5 Å². The van der Waals surface area contributed by atoms with Crippen molar-refractivity contribution in [2.24, 2.45) is 0 Å². The molecule has 5 nitrogen and oxygen atoms in total. The van der Waals surface area contributed by atoms with Crippen LogP contribution < -0.4 is 10.1 Å². The van der Waals surface area contributed by atoms with Crippen molar-refractivity contribution < 1.29 is 14.3 Å². The van der Waals surface area contributed by atoms with E-state index < -0.39 is 0 Å². The highest BCUT2D eigenvalue weighted by molar-refractivity contribution is 5.77. The molecule has 0 radical (unpaired) electrons. The van der Waals surface area contributed by atoms with Crippen LogP contribution in [0.25, 0.3) is 0 Å². The molecule has 1 N–H and O–H groups in total. The third kappa shape index (κ3) is 6.91. The van der Waals surface area contributed by atoms with Gasteiger partial charge < -0.3 is 14.8 Å². The van der Waals surface area contributed by atoms with Gasteiger partial charge in [-0.15, -0.1) is 0 Å². The van der Waals surface area contributed by atoms with E-state index in [4.69, 9.17) is 9.47 Å². The predicted molar refractivity (Wildman–Crippen MR) is 88.4 cm³/mol. The summed E-state index contributed by atoms with van der Waals surface area (Å²) in [5.74, 6) is 0.977. The molecule has 124 valence electrons. The number of carbonyl (C=O) groups is 1. The minimum absolute atomic E-state index is 0.0330. The van der Waals surface area contributed by atoms with Gasteiger partial charge in [0.2, 0.25) is 5.91 Å². The van der Waals surface area contributed by atoms with E-state index in [1.165, 1.54) is 0 Å². The number of nitrogens with zero attached hydrogens (tertiary/aromatic N) is 1. The number of hydrogen-bond acceptors (Lipinski definition) is 4. The lowest BCUT2D eigenvalue weighted by molar-refractivity contribution is -0.122. The second-order valence-electron chi connectivity index (χ2n) is 5.50. The first-order valence-corrected chi connectivity index (χ1v) is 7.67. The molecule has 22 heavy (non-hydrogen) atoms. The zero-order valence-corrected chi connectivity index (χ0v) is 14.1. The molecule has 0 saturated heterocycles. The summed E-state index contributed by atoms with van der Waals surface area (Å²) >= 11 is 0. The van der Waals surface area contributed by atoms with Crippen molar-refractivity contribution in [2.75, 3.05) is 47.0 Å². The molecule has 0 spiro atoms. The number of benzene rings is 1. The van der Waals surface area contributed by atoms with Crippen LogP contribution >= 0.6 is 0 Å². The SMILES string of the molecule is COCCCNC(=O)CN(C)CCOc1c(C)cccc1C. The molecule has 0 atom stereocenters. The second kappa shape index (κ2) is 10.2. The molecule has 0 aromatic heterocycles. The van der Waals surface area contributed by atoms with Gasteiger partial charge in [0.05, 0.1) is 6.54 Å². The fourth-order valence-corrected chi connectivity index (χ4v) is 2.15. The Morgan fingerprint density at radius 3 is 2.55 bits per heavy atom. The first-order chi connectivity index (χ1) is 10.5. The van der Waals surface area contributed by atoms with Crippen LogP contribution in [0.5, 0.6) is 5.75 Å². The topological polar surface area (TPSA) is 50.8 Å². The Labute approximate surface area is 133 Å². The van der Waals surface area contributed by atoms with Gasteiger partial charge in [0.1, 0.15) is 12.4 Å². The summed E-state index contributed by atoms with van der Waals surface area (Å²) in [6.45, 7) is 7.06. The molecule has 0 aliphatic carbocycles. The molecule has 1 aromatic carbocycles. The Hall–Kier alpha value is -1.59. The number of amides is 1.